The maximum absolute atomic E-state index is 11.9. The molecule has 0 heterocycles. The smallest absolute Gasteiger partial charge is 0.251 e. The van der Waals surface area contributed by atoms with Crippen molar-refractivity contribution in [3.05, 3.63) is 35.4 Å². The Bertz CT molecular complexity index is 407. The van der Waals surface area contributed by atoms with Crippen LogP contribution in [0.25, 0.3) is 0 Å². The van der Waals surface area contributed by atoms with Gasteiger partial charge in [-0.15, -0.1) is 0 Å². The highest BCUT2D eigenvalue weighted by atomic mass is 16.5. The first-order valence-corrected chi connectivity index (χ1v) is 7.95. The van der Waals surface area contributed by atoms with Gasteiger partial charge in [-0.2, -0.15) is 0 Å². The van der Waals surface area contributed by atoms with Gasteiger partial charge in [0.2, 0.25) is 0 Å². The van der Waals surface area contributed by atoms with E-state index in [0.717, 1.165) is 19.4 Å². The lowest BCUT2D eigenvalue weighted by Crippen LogP contribution is -2.27. The molecule has 5 heteroatoms. The summed E-state index contributed by atoms with van der Waals surface area (Å²) in [5.41, 5.74) is 1.95. The van der Waals surface area contributed by atoms with Gasteiger partial charge in [-0.05, 0) is 31.2 Å². The number of nitrogens with one attached hydrogen (secondary N) is 2. The Morgan fingerprint density at radius 2 is 1.64 bits per heavy atom. The second-order valence-electron chi connectivity index (χ2n) is 5.03. The van der Waals surface area contributed by atoms with E-state index < -0.39 is 0 Å². The minimum Gasteiger partial charge on any atom is -0.378 e. The van der Waals surface area contributed by atoms with Crippen LogP contribution in [0.5, 0.6) is 0 Å². The fourth-order valence-electron chi connectivity index (χ4n) is 1.95. The van der Waals surface area contributed by atoms with E-state index >= 15 is 0 Å². The van der Waals surface area contributed by atoms with Crippen molar-refractivity contribution in [1.82, 2.24) is 10.6 Å². The molecule has 1 rings (SSSR count). The number of aryl methyl sites for hydroxylation is 1. The van der Waals surface area contributed by atoms with Crippen molar-refractivity contribution < 1.29 is 14.3 Å². The maximum Gasteiger partial charge on any atom is 0.251 e. The van der Waals surface area contributed by atoms with Crippen LogP contribution in [0.4, 0.5) is 0 Å². The molecule has 1 aromatic rings. The summed E-state index contributed by atoms with van der Waals surface area (Å²) in [5, 5.41) is 5.85. The molecule has 124 valence electrons. The number of amides is 1. The number of benzene rings is 1. The van der Waals surface area contributed by atoms with E-state index in [2.05, 4.69) is 17.6 Å². The van der Waals surface area contributed by atoms with E-state index in [9.17, 15) is 4.79 Å². The van der Waals surface area contributed by atoms with Gasteiger partial charge in [-0.1, -0.05) is 25.5 Å². The lowest BCUT2D eigenvalue weighted by molar-refractivity contribution is 0.0497. The van der Waals surface area contributed by atoms with Crippen LogP contribution in [0.1, 0.15) is 29.3 Å². The van der Waals surface area contributed by atoms with Gasteiger partial charge in [0.25, 0.3) is 5.91 Å². The van der Waals surface area contributed by atoms with Gasteiger partial charge in [0.05, 0.1) is 26.4 Å². The molecule has 1 aromatic carbocycles. The van der Waals surface area contributed by atoms with E-state index in [4.69, 9.17) is 9.47 Å². The highest BCUT2D eigenvalue weighted by Gasteiger charge is 2.04. The van der Waals surface area contributed by atoms with Gasteiger partial charge in [0, 0.05) is 18.7 Å². The van der Waals surface area contributed by atoms with Crippen molar-refractivity contribution in [3.8, 4) is 0 Å². The van der Waals surface area contributed by atoms with Crippen LogP contribution in [-0.4, -0.2) is 52.5 Å². The third-order valence-corrected chi connectivity index (χ3v) is 3.16. The number of hydrogen-bond acceptors (Lipinski definition) is 4. The number of rotatable bonds is 12. The molecule has 0 aliphatic carbocycles. The molecule has 0 fully saturated rings. The van der Waals surface area contributed by atoms with Crippen molar-refractivity contribution >= 4 is 5.91 Å². The van der Waals surface area contributed by atoms with E-state index in [-0.39, 0.29) is 5.91 Å². The first-order chi connectivity index (χ1) is 10.8. The average molecular weight is 308 g/mol. The van der Waals surface area contributed by atoms with Crippen LogP contribution in [0.15, 0.2) is 24.3 Å². The molecule has 0 saturated heterocycles. The predicted octanol–water partition coefficient (Wildman–Crippen LogP) is 1.62. The van der Waals surface area contributed by atoms with Gasteiger partial charge in [0.15, 0.2) is 0 Å². The second kappa shape index (κ2) is 12.1. The molecule has 0 aliphatic heterocycles. The molecule has 0 saturated carbocycles. The molecule has 5 nitrogen and oxygen atoms in total. The fourth-order valence-corrected chi connectivity index (χ4v) is 1.95. The number of ether oxygens (including phenoxy) is 2. The van der Waals surface area contributed by atoms with Crippen LogP contribution < -0.4 is 10.6 Å². The Balaban J connectivity index is 2.08. The molecule has 2 N–H and O–H groups in total. The van der Waals surface area contributed by atoms with E-state index in [1.54, 1.807) is 0 Å². The minimum atomic E-state index is -0.0584. The van der Waals surface area contributed by atoms with Crippen molar-refractivity contribution in [2.24, 2.45) is 0 Å². The summed E-state index contributed by atoms with van der Waals surface area (Å²) in [5.74, 6) is -0.0584. The fraction of sp³-hybridized carbons (Fsp3) is 0.588. The van der Waals surface area contributed by atoms with Crippen molar-refractivity contribution in [2.45, 2.75) is 19.8 Å². The van der Waals surface area contributed by atoms with Gasteiger partial charge in [-0.25, -0.2) is 0 Å². The van der Waals surface area contributed by atoms with Crippen LogP contribution >= 0.6 is 0 Å². The molecule has 0 radical (unpaired) electrons. The number of carbonyl (C=O) groups is 1. The summed E-state index contributed by atoms with van der Waals surface area (Å²) >= 11 is 0. The largest absolute Gasteiger partial charge is 0.378 e. The minimum absolute atomic E-state index is 0.0584. The highest BCUT2D eigenvalue weighted by Crippen LogP contribution is 2.06. The Labute approximate surface area is 133 Å². The summed E-state index contributed by atoms with van der Waals surface area (Å²) in [4.78, 5) is 11.9. The summed E-state index contributed by atoms with van der Waals surface area (Å²) in [6, 6.07) is 7.77. The first kappa shape index (κ1) is 18.6. The summed E-state index contributed by atoms with van der Waals surface area (Å²) in [7, 11) is 1.89. The Hall–Kier alpha value is -1.43. The Morgan fingerprint density at radius 1 is 1.00 bits per heavy atom. The Kier molecular flexibility index (Phi) is 10.3. The normalized spacial score (nSPS) is 10.6. The molecular formula is C17H28N2O3. The van der Waals surface area contributed by atoms with E-state index in [1.807, 2.05) is 31.3 Å². The number of hydrogen-bond donors (Lipinski definition) is 2. The maximum atomic E-state index is 11.9. The third-order valence-electron chi connectivity index (χ3n) is 3.16. The molecule has 0 aliphatic rings. The molecular weight excluding hydrogens is 280 g/mol. The highest BCUT2D eigenvalue weighted by molar-refractivity contribution is 5.94. The van der Waals surface area contributed by atoms with Crippen molar-refractivity contribution in [1.29, 1.82) is 0 Å². The number of likely N-dealkylation sites (N-methyl/N-ethyl adjacent to an activating group) is 1. The van der Waals surface area contributed by atoms with E-state index in [1.165, 1.54) is 5.56 Å². The van der Waals surface area contributed by atoms with Gasteiger partial charge in [0.1, 0.15) is 0 Å². The average Bonchev–Trinajstić information content (AvgIpc) is 2.54. The lowest BCUT2D eigenvalue weighted by Gasteiger charge is -2.08. The molecule has 0 spiro atoms. The van der Waals surface area contributed by atoms with Crippen molar-refractivity contribution in [3.63, 3.8) is 0 Å². The van der Waals surface area contributed by atoms with Gasteiger partial charge in [-0.3, -0.25) is 4.79 Å². The second-order valence-corrected chi connectivity index (χ2v) is 5.03. The number of carbonyl (C=O) groups excluding carboxylic acids is 1. The summed E-state index contributed by atoms with van der Waals surface area (Å²) in [6.07, 6.45) is 2.16. The van der Waals surface area contributed by atoms with Gasteiger partial charge >= 0.3 is 0 Å². The molecule has 0 unspecified atom stereocenters. The van der Waals surface area contributed by atoms with Crippen LogP contribution in [0.2, 0.25) is 0 Å². The van der Waals surface area contributed by atoms with Crippen LogP contribution in [-0.2, 0) is 15.9 Å². The SMILES string of the molecule is CCCc1ccc(C(=O)NCCOCCOCCNC)cc1. The zero-order valence-corrected chi connectivity index (χ0v) is 13.7. The quantitative estimate of drug-likeness (QED) is 0.576. The van der Waals surface area contributed by atoms with Crippen molar-refractivity contribution in [2.75, 3.05) is 46.6 Å². The zero-order valence-electron chi connectivity index (χ0n) is 13.7. The molecule has 22 heavy (non-hydrogen) atoms. The third kappa shape index (κ3) is 8.12. The molecule has 0 aromatic heterocycles. The summed E-state index contributed by atoms with van der Waals surface area (Å²) in [6.45, 7) is 5.80. The standard InChI is InChI=1S/C17H28N2O3/c1-3-4-15-5-7-16(8-6-15)17(20)19-10-12-22-14-13-21-11-9-18-2/h5-8,18H,3-4,9-14H2,1-2H3,(H,19,20). The zero-order chi connectivity index (χ0) is 16.0. The Morgan fingerprint density at radius 3 is 2.23 bits per heavy atom. The molecule has 0 atom stereocenters. The predicted molar refractivity (Wildman–Crippen MR) is 88.3 cm³/mol. The van der Waals surface area contributed by atoms with Crippen LogP contribution in [0, 0.1) is 0 Å². The summed E-state index contributed by atoms with van der Waals surface area (Å²) < 4.78 is 10.7. The monoisotopic (exact) mass is 308 g/mol. The first-order valence-electron chi connectivity index (χ1n) is 7.95. The van der Waals surface area contributed by atoms with E-state index in [0.29, 0.717) is 38.5 Å². The van der Waals surface area contributed by atoms with Gasteiger partial charge < -0.3 is 20.1 Å². The topological polar surface area (TPSA) is 59.6 Å². The molecule has 1 amide bonds. The lowest BCUT2D eigenvalue weighted by atomic mass is 10.1. The molecule has 0 bridgehead atoms. The van der Waals surface area contributed by atoms with Crippen LogP contribution in [0.3, 0.4) is 0 Å².